The first-order chi connectivity index (χ1) is 24.8. The lowest BCUT2D eigenvalue weighted by atomic mass is 9.86. The molecule has 0 atom stereocenters. The van der Waals surface area contributed by atoms with Crippen LogP contribution in [0.25, 0.3) is 105 Å². The molecule has 11 rings (SSSR count). The van der Waals surface area contributed by atoms with Gasteiger partial charge in [-0.2, -0.15) is 0 Å². The minimum Gasteiger partial charge on any atom is -0.460 e. The minimum absolute atomic E-state index is 0.893. The first kappa shape index (κ1) is 27.6. The number of hydrogen-bond donors (Lipinski definition) is 0. The molecule has 0 spiro atoms. The van der Waals surface area contributed by atoms with Crippen LogP contribution in [-0.2, 0) is 6.42 Å². The fourth-order valence-corrected chi connectivity index (χ4v) is 8.41. The zero-order valence-corrected chi connectivity index (χ0v) is 27.2. The van der Waals surface area contributed by atoms with Gasteiger partial charge in [0, 0.05) is 28.1 Å². The van der Waals surface area contributed by atoms with Crippen LogP contribution in [0, 0.1) is 0 Å². The molecule has 0 aliphatic heterocycles. The molecule has 0 radical (unpaired) electrons. The Labute approximate surface area is 288 Å². The molecule has 2 heteroatoms. The van der Waals surface area contributed by atoms with Crippen LogP contribution in [-0.4, -0.2) is 0 Å². The van der Waals surface area contributed by atoms with Gasteiger partial charge >= 0.3 is 0 Å². The Morgan fingerprint density at radius 1 is 0.400 bits per heavy atom. The zero-order valence-electron chi connectivity index (χ0n) is 27.2. The van der Waals surface area contributed by atoms with Gasteiger partial charge in [0.05, 0.1) is 0 Å². The van der Waals surface area contributed by atoms with E-state index in [0.29, 0.717) is 0 Å². The molecule has 0 unspecified atom stereocenters. The summed E-state index contributed by atoms with van der Waals surface area (Å²) in [7, 11) is 0. The van der Waals surface area contributed by atoms with Crippen molar-refractivity contribution in [1.82, 2.24) is 0 Å². The van der Waals surface area contributed by atoms with Crippen LogP contribution in [0.1, 0.15) is 17.7 Å². The van der Waals surface area contributed by atoms with Crippen molar-refractivity contribution in [3.63, 3.8) is 0 Å². The van der Waals surface area contributed by atoms with Crippen LogP contribution < -0.4 is 0 Å². The zero-order chi connectivity index (χ0) is 32.8. The summed E-state index contributed by atoms with van der Waals surface area (Å²) in [6.45, 7) is 0. The normalized spacial score (nSPS) is 13.0. The fourth-order valence-electron chi connectivity index (χ4n) is 8.41. The molecule has 2 aromatic heterocycles. The van der Waals surface area contributed by atoms with Crippen molar-refractivity contribution in [3.8, 4) is 33.4 Å². The van der Waals surface area contributed by atoms with Gasteiger partial charge in [0.1, 0.15) is 22.5 Å². The van der Waals surface area contributed by atoms with Crippen molar-refractivity contribution in [2.75, 3.05) is 0 Å². The molecule has 8 aromatic carbocycles. The monoisotopic (exact) mass is 638 g/mol. The van der Waals surface area contributed by atoms with Gasteiger partial charge in [-0.3, -0.25) is 0 Å². The molecule has 0 fully saturated rings. The lowest BCUT2D eigenvalue weighted by Gasteiger charge is -2.18. The second-order valence-electron chi connectivity index (χ2n) is 13.5. The van der Waals surface area contributed by atoms with Crippen LogP contribution in [0.2, 0.25) is 0 Å². The van der Waals surface area contributed by atoms with E-state index in [2.05, 4.69) is 158 Å². The quantitative estimate of drug-likeness (QED) is 0.180. The Morgan fingerprint density at radius 3 is 1.74 bits per heavy atom. The highest BCUT2D eigenvalue weighted by Crippen LogP contribution is 2.44. The van der Waals surface area contributed by atoms with E-state index >= 15 is 0 Å². The molecule has 2 heterocycles. The highest BCUT2D eigenvalue weighted by molar-refractivity contribution is 6.22. The Balaban J connectivity index is 1.03. The summed E-state index contributed by atoms with van der Waals surface area (Å²) >= 11 is 0. The number of allylic oxidation sites excluding steroid dienone is 1. The van der Waals surface area contributed by atoms with Crippen LogP contribution >= 0.6 is 0 Å². The van der Waals surface area contributed by atoms with Gasteiger partial charge in [-0.15, -0.1) is 0 Å². The van der Waals surface area contributed by atoms with Gasteiger partial charge in [0.25, 0.3) is 0 Å². The molecule has 10 aromatic rings. The van der Waals surface area contributed by atoms with Gasteiger partial charge < -0.3 is 8.83 Å². The summed E-state index contributed by atoms with van der Waals surface area (Å²) in [5.74, 6) is 1.09. The minimum atomic E-state index is 0.893. The van der Waals surface area contributed by atoms with Crippen molar-refractivity contribution in [2.24, 2.45) is 0 Å². The first-order valence-electron chi connectivity index (χ1n) is 17.4. The summed E-state index contributed by atoms with van der Waals surface area (Å²) in [6, 6.07) is 52.8. The van der Waals surface area contributed by atoms with Crippen molar-refractivity contribution >= 4 is 71.3 Å². The molecule has 0 saturated heterocycles. The van der Waals surface area contributed by atoms with Gasteiger partial charge in [0.15, 0.2) is 0 Å². The summed E-state index contributed by atoms with van der Waals surface area (Å²) in [6.07, 6.45) is 6.44. The maximum Gasteiger partial charge on any atom is 0.136 e. The average Bonchev–Trinajstić information content (AvgIpc) is 3.74. The fraction of sp³-hybridized carbons (Fsp3) is 0.0417. The van der Waals surface area contributed by atoms with Gasteiger partial charge in [-0.25, -0.2) is 0 Å². The van der Waals surface area contributed by atoms with Crippen LogP contribution in [0.3, 0.4) is 0 Å². The van der Waals surface area contributed by atoms with Gasteiger partial charge in [-0.05, 0) is 102 Å². The predicted octanol–water partition coefficient (Wildman–Crippen LogP) is 13.8. The largest absolute Gasteiger partial charge is 0.460 e. The molecule has 0 amide bonds. The Morgan fingerprint density at radius 2 is 1.02 bits per heavy atom. The van der Waals surface area contributed by atoms with Crippen molar-refractivity contribution in [1.29, 1.82) is 0 Å². The van der Waals surface area contributed by atoms with E-state index in [4.69, 9.17) is 8.83 Å². The standard InChI is InChI=1S/C48H30O2/c1-2-10-30(11-3-1)46-35-13-4-6-15-37(35)47(38-16-7-5-14-36(38)46)31-20-18-29(19-21-31)32-22-24-39-44(27-32)50-43-25-23-33-26-41-34-12-8-9-17-42(34)49-45(41)28-40(33)48(39)43/h1-8,10-16,18-28H,9,17H2. The van der Waals surface area contributed by atoms with E-state index < -0.39 is 0 Å². The number of hydrogen-bond acceptors (Lipinski definition) is 2. The summed E-state index contributed by atoms with van der Waals surface area (Å²) in [4.78, 5) is 0. The molecule has 0 saturated carbocycles. The van der Waals surface area contributed by atoms with Gasteiger partial charge in [-0.1, -0.05) is 127 Å². The van der Waals surface area contributed by atoms with Gasteiger partial charge in [0.2, 0.25) is 0 Å². The number of rotatable bonds is 3. The van der Waals surface area contributed by atoms with Crippen LogP contribution in [0.4, 0.5) is 0 Å². The van der Waals surface area contributed by atoms with E-state index in [1.54, 1.807) is 0 Å². The van der Waals surface area contributed by atoms with E-state index in [-0.39, 0.29) is 0 Å². The number of aryl methyl sites for hydroxylation is 1. The average molecular weight is 639 g/mol. The lowest BCUT2D eigenvalue weighted by molar-refractivity contribution is 0.546. The summed E-state index contributed by atoms with van der Waals surface area (Å²) in [5, 5.41) is 10.9. The van der Waals surface area contributed by atoms with Crippen LogP contribution in [0.15, 0.2) is 161 Å². The predicted molar refractivity (Wildman–Crippen MR) is 210 cm³/mol. The molecule has 50 heavy (non-hydrogen) atoms. The highest BCUT2D eigenvalue weighted by atomic mass is 16.3. The Kier molecular flexibility index (Phi) is 5.82. The SMILES string of the molecule is C1=Cc2c(oc3cc4c(ccc5oc6cc(-c7ccc(-c8c9ccccc9c(-c9ccccc9)c9ccccc89)cc7)ccc6c54)cc23)CC1. The molecule has 234 valence electrons. The third-order valence-corrected chi connectivity index (χ3v) is 10.7. The third kappa shape index (κ3) is 4.02. The smallest absolute Gasteiger partial charge is 0.136 e. The Bertz CT molecular complexity index is 2950. The lowest BCUT2D eigenvalue weighted by Crippen LogP contribution is -1.90. The number of fused-ring (bicyclic) bond motifs is 10. The van der Waals surface area contributed by atoms with Crippen LogP contribution in [0.5, 0.6) is 0 Å². The van der Waals surface area contributed by atoms with E-state index in [1.807, 2.05) is 0 Å². The molecule has 0 N–H and O–H groups in total. The highest BCUT2D eigenvalue weighted by Gasteiger charge is 2.19. The first-order valence-corrected chi connectivity index (χ1v) is 17.4. The molecule has 1 aliphatic carbocycles. The molecular weight excluding hydrogens is 609 g/mol. The second kappa shape index (κ2) is 10.6. The van der Waals surface area contributed by atoms with Crippen molar-refractivity contribution in [3.05, 3.63) is 163 Å². The molecule has 1 aliphatic rings. The van der Waals surface area contributed by atoms with E-state index in [1.165, 1.54) is 65.5 Å². The maximum atomic E-state index is 6.51. The summed E-state index contributed by atoms with van der Waals surface area (Å²) < 4.78 is 12.9. The Hall–Kier alpha value is -6.38. The van der Waals surface area contributed by atoms with Crippen molar-refractivity contribution in [2.45, 2.75) is 12.8 Å². The van der Waals surface area contributed by atoms with E-state index in [0.717, 1.165) is 57.3 Å². The van der Waals surface area contributed by atoms with Crippen molar-refractivity contribution < 1.29 is 8.83 Å². The third-order valence-electron chi connectivity index (χ3n) is 10.7. The molecular formula is C48H30O2. The molecule has 0 bridgehead atoms. The summed E-state index contributed by atoms with van der Waals surface area (Å²) in [5.41, 5.74) is 11.3. The maximum absolute atomic E-state index is 6.51. The topological polar surface area (TPSA) is 26.3 Å². The second-order valence-corrected chi connectivity index (χ2v) is 13.5. The number of benzene rings is 8. The number of furan rings is 2. The van der Waals surface area contributed by atoms with E-state index in [9.17, 15) is 0 Å². The molecule has 2 nitrogen and oxygen atoms in total.